The highest BCUT2D eigenvalue weighted by Crippen LogP contribution is 2.50. The molecule has 0 heterocycles. The van der Waals surface area contributed by atoms with Gasteiger partial charge in [-0.3, -0.25) is 0 Å². The van der Waals surface area contributed by atoms with Crippen molar-refractivity contribution in [3.63, 3.8) is 0 Å². The van der Waals surface area contributed by atoms with Gasteiger partial charge in [0.2, 0.25) is 0 Å². The highest BCUT2D eigenvalue weighted by molar-refractivity contribution is 6.32. The third-order valence-electron chi connectivity index (χ3n) is 13.4. The lowest BCUT2D eigenvalue weighted by Gasteiger charge is -2.25. The van der Waals surface area contributed by atoms with Gasteiger partial charge in [0.1, 0.15) is 0 Å². The molecule has 0 fully saturated rings. The molecule has 0 spiro atoms. The van der Waals surface area contributed by atoms with Gasteiger partial charge in [0.05, 0.1) is 0 Å². The molecule has 0 bridgehead atoms. The van der Waals surface area contributed by atoms with Crippen molar-refractivity contribution in [2.45, 2.75) is 78.6 Å². The third-order valence-corrected chi connectivity index (χ3v) is 13.4. The van der Waals surface area contributed by atoms with E-state index in [9.17, 15) is 0 Å². The van der Waals surface area contributed by atoms with E-state index in [4.69, 9.17) is 0 Å². The highest BCUT2D eigenvalue weighted by Gasteiger charge is 2.25. The topological polar surface area (TPSA) is 0 Å². The van der Waals surface area contributed by atoms with Crippen LogP contribution in [0, 0.1) is 0 Å². The minimum Gasteiger partial charge on any atom is -0.0616 e. The Morgan fingerprint density at radius 2 is 0.603 bits per heavy atom. The smallest absolute Gasteiger partial charge is 0.00200 e. The molecule has 58 heavy (non-hydrogen) atoms. The van der Waals surface area contributed by atoms with Gasteiger partial charge < -0.3 is 0 Å². The minimum absolute atomic E-state index is 0.0103. The van der Waals surface area contributed by atoms with E-state index in [1.54, 1.807) is 0 Å². The molecule has 0 saturated carbocycles. The molecule has 11 aromatic rings. The van der Waals surface area contributed by atoms with Crippen molar-refractivity contribution in [3.05, 3.63) is 156 Å². The van der Waals surface area contributed by atoms with Crippen molar-refractivity contribution >= 4 is 86.2 Å². The Labute approximate surface area is 341 Å². The average molecular weight is 747 g/mol. The first-order chi connectivity index (χ1) is 27.6. The zero-order valence-corrected chi connectivity index (χ0v) is 35.3. The van der Waals surface area contributed by atoms with Gasteiger partial charge in [-0.05, 0) is 147 Å². The van der Waals surface area contributed by atoms with E-state index in [-0.39, 0.29) is 16.2 Å². The van der Waals surface area contributed by atoms with Crippen LogP contribution < -0.4 is 0 Å². The van der Waals surface area contributed by atoms with E-state index in [0.29, 0.717) is 0 Å². The predicted molar refractivity (Wildman–Crippen MR) is 256 cm³/mol. The molecule has 0 aliphatic heterocycles. The summed E-state index contributed by atoms with van der Waals surface area (Å²) in [6.45, 7) is 20.9. The number of fused-ring (bicyclic) bond motifs is 2. The lowest BCUT2D eigenvalue weighted by atomic mass is 9.79. The molecule has 11 aromatic carbocycles. The van der Waals surface area contributed by atoms with E-state index < -0.39 is 0 Å². The fourth-order valence-corrected chi connectivity index (χ4v) is 10.2. The lowest BCUT2D eigenvalue weighted by molar-refractivity contribution is 0.591. The second kappa shape index (κ2) is 11.8. The maximum atomic E-state index is 2.51. The van der Waals surface area contributed by atoms with Crippen LogP contribution in [0.3, 0.4) is 0 Å². The molecular weight excluding hydrogens is 697 g/mol. The van der Waals surface area contributed by atoms with Crippen LogP contribution >= 0.6 is 0 Å². The number of rotatable bonds is 2. The van der Waals surface area contributed by atoms with Crippen molar-refractivity contribution in [1.82, 2.24) is 0 Å². The van der Waals surface area contributed by atoms with Gasteiger partial charge in [-0.25, -0.2) is 0 Å². The Morgan fingerprint density at radius 1 is 0.259 bits per heavy atom. The van der Waals surface area contributed by atoms with Crippen LogP contribution in [0.5, 0.6) is 0 Å². The molecule has 0 nitrogen and oxygen atoms in total. The summed E-state index contributed by atoms with van der Waals surface area (Å²) in [5.41, 5.74) is 9.47. The van der Waals surface area contributed by atoms with E-state index >= 15 is 0 Å². The molecule has 0 atom stereocenters. The lowest BCUT2D eigenvalue weighted by Crippen LogP contribution is -2.11. The van der Waals surface area contributed by atoms with Crippen molar-refractivity contribution in [3.8, 4) is 22.3 Å². The molecule has 0 aliphatic carbocycles. The van der Waals surface area contributed by atoms with Gasteiger partial charge in [-0.15, -0.1) is 0 Å². The van der Waals surface area contributed by atoms with Crippen LogP contribution in [0.2, 0.25) is 0 Å². The molecule has 0 unspecified atom stereocenters. The van der Waals surface area contributed by atoms with Gasteiger partial charge in [0, 0.05) is 0 Å². The fraction of sp³-hybridized carbons (Fsp3) is 0.207. The average Bonchev–Trinajstić information content (AvgIpc) is 3.19. The molecule has 0 aromatic heterocycles. The summed E-state index contributed by atoms with van der Waals surface area (Å²) in [6.07, 6.45) is 0. The Bertz CT molecular complexity index is 3440. The fourth-order valence-electron chi connectivity index (χ4n) is 10.2. The first-order valence-corrected chi connectivity index (χ1v) is 21.1. The zero-order valence-electron chi connectivity index (χ0n) is 35.3. The van der Waals surface area contributed by atoms with Crippen molar-refractivity contribution < 1.29 is 0 Å². The van der Waals surface area contributed by atoms with E-state index in [0.717, 1.165) is 0 Å². The second-order valence-electron chi connectivity index (χ2n) is 20.2. The molecule has 0 aliphatic rings. The van der Waals surface area contributed by atoms with Gasteiger partial charge in [-0.1, -0.05) is 196 Å². The SMILES string of the molecule is CC(C)(C)c1cc2ccc3ccc(-c4c5ccccc5c(-c5ccc6ccc7cc(C(C)(C)C)cc8ccc5c6c78)c5cc(C(C)(C)C)ccc45)c4ccc(c1)c2c34. The number of benzene rings is 11. The van der Waals surface area contributed by atoms with Crippen LogP contribution in [-0.2, 0) is 16.2 Å². The maximum absolute atomic E-state index is 2.51. The Kier molecular flexibility index (Phi) is 7.16. The van der Waals surface area contributed by atoms with Crippen molar-refractivity contribution in [2.24, 2.45) is 0 Å². The maximum Gasteiger partial charge on any atom is -0.00200 e. The number of hydrogen-bond donors (Lipinski definition) is 0. The van der Waals surface area contributed by atoms with Crippen LogP contribution in [-0.4, -0.2) is 0 Å². The molecule has 11 rings (SSSR count). The van der Waals surface area contributed by atoms with Gasteiger partial charge in [0.25, 0.3) is 0 Å². The quantitative estimate of drug-likeness (QED) is 0.122. The summed E-state index contributed by atoms with van der Waals surface area (Å²) < 4.78 is 0. The highest BCUT2D eigenvalue weighted by atomic mass is 14.3. The largest absolute Gasteiger partial charge is 0.0616 e. The summed E-state index contributed by atoms with van der Waals surface area (Å²) in [4.78, 5) is 0. The van der Waals surface area contributed by atoms with Crippen LogP contribution in [0.25, 0.3) is 108 Å². The Hall–Kier alpha value is -5.98. The summed E-state index contributed by atoms with van der Waals surface area (Å²) in [6, 6.07) is 54.6. The zero-order chi connectivity index (χ0) is 40.0. The number of hydrogen-bond acceptors (Lipinski definition) is 0. The minimum atomic E-state index is -0.0103. The summed E-state index contributed by atoms with van der Waals surface area (Å²) in [7, 11) is 0. The van der Waals surface area contributed by atoms with Crippen LogP contribution in [0.1, 0.15) is 79.0 Å². The Balaban J connectivity index is 1.26. The van der Waals surface area contributed by atoms with Crippen LogP contribution in [0.4, 0.5) is 0 Å². The summed E-state index contributed by atoms with van der Waals surface area (Å²) in [5, 5.41) is 21.2. The molecular formula is C58H50. The summed E-state index contributed by atoms with van der Waals surface area (Å²) in [5.74, 6) is 0. The standard InChI is InChI=1S/C58H50/c1-56(2,3)39-22-27-48-49(32-39)55(47-24-19-34-15-17-36-29-41(58(7,8)9)31-38-21-26-45(47)53(34)51(36)38)43-13-11-10-12-42(43)54(48)46-23-18-33-14-16-35-28-40(57(4,5)6)30-37-20-25-44(46)52(33)50(35)37/h10-32H,1-9H3. The second-order valence-corrected chi connectivity index (χ2v) is 20.2. The van der Waals surface area contributed by atoms with Gasteiger partial charge >= 0.3 is 0 Å². The normalized spacial score (nSPS) is 13.3. The molecule has 0 saturated heterocycles. The molecule has 282 valence electrons. The van der Waals surface area contributed by atoms with Crippen molar-refractivity contribution in [2.75, 3.05) is 0 Å². The first-order valence-electron chi connectivity index (χ1n) is 21.1. The van der Waals surface area contributed by atoms with E-state index in [2.05, 4.69) is 202 Å². The molecule has 0 N–H and O–H groups in total. The molecule has 0 radical (unpaired) electrons. The monoisotopic (exact) mass is 746 g/mol. The predicted octanol–water partition coefficient (Wildman–Crippen LogP) is 17.0. The molecule has 0 amide bonds. The van der Waals surface area contributed by atoms with Gasteiger partial charge in [0.15, 0.2) is 0 Å². The van der Waals surface area contributed by atoms with Crippen molar-refractivity contribution in [1.29, 1.82) is 0 Å². The van der Waals surface area contributed by atoms with Gasteiger partial charge in [-0.2, -0.15) is 0 Å². The first kappa shape index (κ1) is 35.2. The van der Waals surface area contributed by atoms with E-state index in [1.165, 1.54) is 125 Å². The Morgan fingerprint density at radius 3 is 1.03 bits per heavy atom. The van der Waals surface area contributed by atoms with E-state index in [1.807, 2.05) is 0 Å². The third kappa shape index (κ3) is 5.07. The van der Waals surface area contributed by atoms with Crippen LogP contribution in [0.15, 0.2) is 140 Å². The molecule has 0 heteroatoms. The summed E-state index contributed by atoms with van der Waals surface area (Å²) >= 11 is 0.